The fraction of sp³-hybridized carbons (Fsp3) is 0.650. The van der Waals surface area contributed by atoms with Gasteiger partial charge in [0.25, 0.3) is 0 Å². The Morgan fingerprint density at radius 1 is 1.22 bits per heavy atom. The number of carbonyl (C=O) groups excluding carboxylic acids is 1. The molecule has 7 heteroatoms. The second-order valence-corrected chi connectivity index (χ2v) is 7.45. The van der Waals surface area contributed by atoms with E-state index in [0.29, 0.717) is 32.5 Å². The zero-order valence-corrected chi connectivity index (χ0v) is 16.4. The van der Waals surface area contributed by atoms with Crippen molar-refractivity contribution >= 4 is 18.3 Å². The summed E-state index contributed by atoms with van der Waals surface area (Å²) in [6.07, 6.45) is -2.12. The summed E-state index contributed by atoms with van der Waals surface area (Å²) in [6.45, 7) is 3.97. The zero-order valence-electron chi connectivity index (χ0n) is 15.6. The summed E-state index contributed by atoms with van der Waals surface area (Å²) in [6, 6.07) is 8.10. The highest BCUT2D eigenvalue weighted by Gasteiger charge is 2.45. The monoisotopic (exact) mass is 404 g/mol. The van der Waals surface area contributed by atoms with Crippen molar-refractivity contribution in [1.82, 2.24) is 10.2 Å². The first-order valence-corrected chi connectivity index (χ1v) is 9.57. The number of hydrogen-bond acceptors (Lipinski definition) is 2. The minimum atomic E-state index is -4.20. The van der Waals surface area contributed by atoms with Crippen molar-refractivity contribution < 1.29 is 18.0 Å². The molecular weight excluding hydrogens is 377 g/mol. The Morgan fingerprint density at radius 2 is 1.93 bits per heavy atom. The molecule has 1 amide bonds. The highest BCUT2D eigenvalue weighted by atomic mass is 35.5. The fourth-order valence-electron chi connectivity index (χ4n) is 4.19. The molecule has 27 heavy (non-hydrogen) atoms. The lowest BCUT2D eigenvalue weighted by atomic mass is 9.80. The Morgan fingerprint density at radius 3 is 2.56 bits per heavy atom. The van der Waals surface area contributed by atoms with Gasteiger partial charge in [0.15, 0.2) is 0 Å². The van der Waals surface area contributed by atoms with Crippen LogP contribution in [-0.4, -0.2) is 36.6 Å². The third-order valence-electron chi connectivity index (χ3n) is 5.79. The third kappa shape index (κ3) is 5.17. The van der Waals surface area contributed by atoms with Gasteiger partial charge in [0.2, 0.25) is 5.91 Å². The Labute approximate surface area is 165 Å². The SMILES string of the molecule is CCc1ccc(C2CNCCN2C(=O)C2CCCC(C(F)(F)F)C2)cc1.Cl. The van der Waals surface area contributed by atoms with Gasteiger partial charge in [-0.3, -0.25) is 4.79 Å². The van der Waals surface area contributed by atoms with E-state index < -0.39 is 18.0 Å². The predicted molar refractivity (Wildman–Crippen MR) is 102 cm³/mol. The van der Waals surface area contributed by atoms with E-state index in [1.165, 1.54) is 5.56 Å². The predicted octanol–water partition coefficient (Wildman–Crippen LogP) is 4.51. The summed E-state index contributed by atoms with van der Waals surface area (Å²) in [7, 11) is 0. The van der Waals surface area contributed by atoms with E-state index in [2.05, 4.69) is 24.4 Å². The molecule has 0 radical (unpaired) electrons. The van der Waals surface area contributed by atoms with Crippen LogP contribution in [-0.2, 0) is 11.2 Å². The molecule has 152 valence electrons. The van der Waals surface area contributed by atoms with Crippen LogP contribution in [0.3, 0.4) is 0 Å². The van der Waals surface area contributed by atoms with Crippen molar-refractivity contribution in [3.8, 4) is 0 Å². The molecule has 1 saturated heterocycles. The van der Waals surface area contributed by atoms with E-state index in [-0.39, 0.29) is 37.2 Å². The van der Waals surface area contributed by atoms with Crippen LogP contribution in [0, 0.1) is 11.8 Å². The maximum atomic E-state index is 13.1. The molecule has 1 aromatic rings. The van der Waals surface area contributed by atoms with Gasteiger partial charge in [0.05, 0.1) is 12.0 Å². The maximum absolute atomic E-state index is 13.1. The molecule has 3 atom stereocenters. The second kappa shape index (κ2) is 9.28. The Kier molecular flexibility index (Phi) is 7.57. The normalized spacial score (nSPS) is 26.4. The topological polar surface area (TPSA) is 32.3 Å². The van der Waals surface area contributed by atoms with E-state index in [4.69, 9.17) is 0 Å². The quantitative estimate of drug-likeness (QED) is 0.803. The number of hydrogen-bond donors (Lipinski definition) is 1. The van der Waals surface area contributed by atoms with Crippen LogP contribution >= 0.6 is 12.4 Å². The van der Waals surface area contributed by atoms with Gasteiger partial charge >= 0.3 is 6.18 Å². The van der Waals surface area contributed by atoms with Crippen molar-refractivity contribution in [3.05, 3.63) is 35.4 Å². The zero-order chi connectivity index (χ0) is 18.7. The lowest BCUT2D eigenvalue weighted by Gasteiger charge is -2.40. The van der Waals surface area contributed by atoms with E-state index in [1.807, 2.05) is 12.1 Å². The highest BCUT2D eigenvalue weighted by Crippen LogP contribution is 2.41. The van der Waals surface area contributed by atoms with Crippen molar-refractivity contribution in [2.75, 3.05) is 19.6 Å². The lowest BCUT2D eigenvalue weighted by Crippen LogP contribution is -2.51. The van der Waals surface area contributed by atoms with Crippen molar-refractivity contribution in [3.63, 3.8) is 0 Å². The molecule has 0 bridgehead atoms. The Bertz CT molecular complexity index is 621. The van der Waals surface area contributed by atoms with Crippen LogP contribution in [0.25, 0.3) is 0 Å². The highest BCUT2D eigenvalue weighted by molar-refractivity contribution is 5.85. The fourth-order valence-corrected chi connectivity index (χ4v) is 4.19. The molecule has 1 saturated carbocycles. The summed E-state index contributed by atoms with van der Waals surface area (Å²) in [5, 5.41) is 3.31. The summed E-state index contributed by atoms with van der Waals surface area (Å²) >= 11 is 0. The van der Waals surface area contributed by atoms with Crippen LogP contribution in [0.15, 0.2) is 24.3 Å². The Hall–Kier alpha value is -1.27. The van der Waals surface area contributed by atoms with Crippen LogP contribution in [0.4, 0.5) is 13.2 Å². The van der Waals surface area contributed by atoms with Crippen molar-refractivity contribution in [1.29, 1.82) is 0 Å². The van der Waals surface area contributed by atoms with Gasteiger partial charge < -0.3 is 10.2 Å². The molecule has 2 fully saturated rings. The molecule has 1 aliphatic carbocycles. The first kappa shape index (κ1) is 22.0. The average Bonchev–Trinajstić information content (AvgIpc) is 2.67. The van der Waals surface area contributed by atoms with E-state index >= 15 is 0 Å². The first-order chi connectivity index (χ1) is 12.4. The minimum absolute atomic E-state index is 0. The molecule has 3 rings (SSSR count). The van der Waals surface area contributed by atoms with Crippen molar-refractivity contribution in [2.24, 2.45) is 11.8 Å². The molecular formula is C20H28ClF3N2O. The van der Waals surface area contributed by atoms with Gasteiger partial charge in [0, 0.05) is 25.6 Å². The van der Waals surface area contributed by atoms with Gasteiger partial charge in [-0.15, -0.1) is 12.4 Å². The van der Waals surface area contributed by atoms with Crippen molar-refractivity contribution in [2.45, 2.75) is 51.2 Å². The van der Waals surface area contributed by atoms with Gasteiger partial charge in [-0.1, -0.05) is 37.6 Å². The molecule has 1 N–H and O–H groups in total. The smallest absolute Gasteiger partial charge is 0.333 e. The molecule has 0 spiro atoms. The molecule has 1 heterocycles. The maximum Gasteiger partial charge on any atom is 0.391 e. The van der Waals surface area contributed by atoms with Crippen LogP contribution in [0.2, 0.25) is 0 Å². The first-order valence-electron chi connectivity index (χ1n) is 9.57. The molecule has 3 unspecified atom stereocenters. The van der Waals surface area contributed by atoms with E-state index in [1.54, 1.807) is 4.90 Å². The number of piperazine rings is 1. The lowest BCUT2D eigenvalue weighted by molar-refractivity contribution is -0.187. The molecule has 3 nitrogen and oxygen atoms in total. The summed E-state index contributed by atoms with van der Waals surface area (Å²) in [4.78, 5) is 14.9. The molecule has 2 aliphatic rings. The standard InChI is InChI=1S/C20H27F3N2O.ClH/c1-2-14-6-8-15(9-7-14)18-13-24-10-11-25(18)19(26)16-4-3-5-17(12-16)20(21,22)23;/h6-9,16-18,24H,2-5,10-13H2,1H3;1H. The number of carbonyl (C=O) groups is 1. The summed E-state index contributed by atoms with van der Waals surface area (Å²) in [5.41, 5.74) is 2.28. The molecule has 1 aromatic carbocycles. The van der Waals surface area contributed by atoms with Crippen LogP contribution in [0.5, 0.6) is 0 Å². The van der Waals surface area contributed by atoms with Gasteiger partial charge in [0.1, 0.15) is 0 Å². The molecule has 1 aliphatic heterocycles. The van der Waals surface area contributed by atoms with Crippen LogP contribution < -0.4 is 5.32 Å². The number of amides is 1. The number of nitrogens with one attached hydrogen (secondary N) is 1. The number of benzene rings is 1. The largest absolute Gasteiger partial charge is 0.391 e. The minimum Gasteiger partial charge on any atom is -0.333 e. The average molecular weight is 405 g/mol. The summed E-state index contributed by atoms with van der Waals surface area (Å²) in [5.74, 6) is -1.95. The van der Waals surface area contributed by atoms with E-state index in [9.17, 15) is 18.0 Å². The van der Waals surface area contributed by atoms with E-state index in [0.717, 1.165) is 12.0 Å². The third-order valence-corrected chi connectivity index (χ3v) is 5.79. The number of rotatable bonds is 3. The van der Waals surface area contributed by atoms with Gasteiger partial charge in [-0.2, -0.15) is 13.2 Å². The number of aryl methyl sites for hydroxylation is 1. The van der Waals surface area contributed by atoms with Gasteiger partial charge in [-0.05, 0) is 36.8 Å². The molecule has 0 aromatic heterocycles. The van der Waals surface area contributed by atoms with Gasteiger partial charge in [-0.25, -0.2) is 0 Å². The Balaban J connectivity index is 0.00000261. The number of halogens is 4. The van der Waals surface area contributed by atoms with Crippen LogP contribution in [0.1, 0.15) is 49.8 Å². The number of alkyl halides is 3. The summed E-state index contributed by atoms with van der Waals surface area (Å²) < 4.78 is 39.3. The number of nitrogens with zero attached hydrogens (tertiary/aromatic N) is 1. The second-order valence-electron chi connectivity index (χ2n) is 7.45.